The first-order valence-corrected chi connectivity index (χ1v) is 9.19. The molecule has 0 spiro atoms. The fourth-order valence-corrected chi connectivity index (χ4v) is 3.16. The number of fused-ring (bicyclic) bond motifs is 1. The molecule has 2 N–H and O–H groups in total. The number of furan rings is 1. The third kappa shape index (κ3) is 5.36. The molecule has 0 radical (unpaired) electrons. The van der Waals surface area contributed by atoms with Crippen LogP contribution in [0.15, 0.2) is 52.1 Å². The van der Waals surface area contributed by atoms with E-state index in [2.05, 4.69) is 51.7 Å². The van der Waals surface area contributed by atoms with Gasteiger partial charge in [0.1, 0.15) is 12.3 Å². The van der Waals surface area contributed by atoms with Gasteiger partial charge in [-0.15, -0.1) is 0 Å². The average Bonchev–Trinajstić information content (AvgIpc) is 3.16. The van der Waals surface area contributed by atoms with Gasteiger partial charge in [-0.25, -0.2) is 4.99 Å². The Labute approximate surface area is 150 Å². The molecule has 0 atom stereocenters. The van der Waals surface area contributed by atoms with Gasteiger partial charge in [-0.05, 0) is 43.0 Å². The van der Waals surface area contributed by atoms with Crippen LogP contribution in [0.1, 0.15) is 30.2 Å². The predicted molar refractivity (Wildman–Crippen MR) is 102 cm³/mol. The van der Waals surface area contributed by atoms with Crippen LogP contribution in [0, 0.1) is 0 Å². The second-order valence-corrected chi connectivity index (χ2v) is 6.35. The van der Waals surface area contributed by atoms with Crippen molar-refractivity contribution in [2.45, 2.75) is 32.9 Å². The molecule has 1 aliphatic rings. The molecule has 2 aromatic rings. The molecule has 0 bridgehead atoms. The van der Waals surface area contributed by atoms with E-state index in [1.807, 2.05) is 12.1 Å². The highest BCUT2D eigenvalue weighted by Gasteiger charge is 2.14. The number of hydrogen-bond donors (Lipinski definition) is 2. The van der Waals surface area contributed by atoms with Crippen LogP contribution in [0.25, 0.3) is 0 Å². The first-order chi connectivity index (χ1) is 12.3. The Balaban J connectivity index is 1.40. The average molecular weight is 340 g/mol. The van der Waals surface area contributed by atoms with Crippen LogP contribution < -0.4 is 10.6 Å². The SMILES string of the molecule is CCNC(=NCc1ccco1)NCCCN1CCc2ccccc2C1. The van der Waals surface area contributed by atoms with E-state index in [-0.39, 0.29) is 0 Å². The molecule has 134 valence electrons. The van der Waals surface area contributed by atoms with E-state index in [1.54, 1.807) is 6.26 Å². The van der Waals surface area contributed by atoms with Crippen molar-refractivity contribution in [2.24, 2.45) is 4.99 Å². The van der Waals surface area contributed by atoms with Crippen LogP contribution in [0.3, 0.4) is 0 Å². The first-order valence-electron chi connectivity index (χ1n) is 9.19. The van der Waals surface area contributed by atoms with E-state index in [4.69, 9.17) is 4.42 Å². The van der Waals surface area contributed by atoms with E-state index in [9.17, 15) is 0 Å². The van der Waals surface area contributed by atoms with Crippen molar-refractivity contribution in [3.8, 4) is 0 Å². The highest BCUT2D eigenvalue weighted by molar-refractivity contribution is 5.79. The summed E-state index contributed by atoms with van der Waals surface area (Å²) >= 11 is 0. The van der Waals surface area contributed by atoms with E-state index < -0.39 is 0 Å². The molecule has 0 saturated carbocycles. The smallest absolute Gasteiger partial charge is 0.191 e. The largest absolute Gasteiger partial charge is 0.467 e. The molecule has 1 aromatic carbocycles. The summed E-state index contributed by atoms with van der Waals surface area (Å²) in [6.45, 7) is 7.75. The maximum atomic E-state index is 5.33. The molecule has 5 nitrogen and oxygen atoms in total. The van der Waals surface area contributed by atoms with Crippen molar-refractivity contribution in [3.05, 3.63) is 59.5 Å². The Bertz CT molecular complexity index is 666. The highest BCUT2D eigenvalue weighted by atomic mass is 16.3. The summed E-state index contributed by atoms with van der Waals surface area (Å²) in [5, 5.41) is 6.69. The van der Waals surface area contributed by atoms with Crippen LogP contribution in [0.5, 0.6) is 0 Å². The summed E-state index contributed by atoms with van der Waals surface area (Å²) in [6, 6.07) is 12.6. The normalized spacial score (nSPS) is 15.0. The van der Waals surface area contributed by atoms with Crippen LogP contribution >= 0.6 is 0 Å². The Kier molecular flexibility index (Phi) is 6.51. The Morgan fingerprint density at radius 1 is 1.16 bits per heavy atom. The van der Waals surface area contributed by atoms with Crippen molar-refractivity contribution >= 4 is 5.96 Å². The highest BCUT2D eigenvalue weighted by Crippen LogP contribution is 2.18. The summed E-state index contributed by atoms with van der Waals surface area (Å²) in [6.07, 6.45) is 3.95. The maximum Gasteiger partial charge on any atom is 0.191 e. The lowest BCUT2D eigenvalue weighted by Gasteiger charge is -2.28. The van der Waals surface area contributed by atoms with Crippen molar-refractivity contribution in [3.63, 3.8) is 0 Å². The third-order valence-corrected chi connectivity index (χ3v) is 4.47. The molecule has 1 aromatic heterocycles. The van der Waals surface area contributed by atoms with Crippen LogP contribution in [0.4, 0.5) is 0 Å². The zero-order valence-electron chi connectivity index (χ0n) is 15.0. The van der Waals surface area contributed by atoms with Gasteiger partial charge in [0, 0.05) is 32.7 Å². The quantitative estimate of drug-likeness (QED) is 0.462. The van der Waals surface area contributed by atoms with Gasteiger partial charge < -0.3 is 15.1 Å². The topological polar surface area (TPSA) is 52.8 Å². The molecular weight excluding hydrogens is 312 g/mol. The fourth-order valence-electron chi connectivity index (χ4n) is 3.16. The van der Waals surface area contributed by atoms with E-state index in [0.717, 1.165) is 57.3 Å². The molecule has 5 heteroatoms. The van der Waals surface area contributed by atoms with Crippen molar-refractivity contribution < 1.29 is 4.42 Å². The zero-order valence-corrected chi connectivity index (χ0v) is 15.0. The van der Waals surface area contributed by atoms with Gasteiger partial charge in [0.15, 0.2) is 5.96 Å². The van der Waals surface area contributed by atoms with Crippen molar-refractivity contribution in [1.82, 2.24) is 15.5 Å². The minimum absolute atomic E-state index is 0.561. The van der Waals surface area contributed by atoms with Gasteiger partial charge in [0.25, 0.3) is 0 Å². The standard InChI is InChI=1S/C20H28N4O/c1-2-21-20(23-15-19-9-5-14-25-19)22-11-6-12-24-13-10-17-7-3-4-8-18(17)16-24/h3-5,7-9,14H,2,6,10-13,15-16H2,1H3,(H2,21,22,23). The van der Waals surface area contributed by atoms with Crippen LogP contribution in [0.2, 0.25) is 0 Å². The fraction of sp³-hybridized carbons (Fsp3) is 0.450. The van der Waals surface area contributed by atoms with E-state index >= 15 is 0 Å². The second-order valence-electron chi connectivity index (χ2n) is 6.35. The molecule has 0 aliphatic carbocycles. The van der Waals surface area contributed by atoms with Gasteiger partial charge in [-0.1, -0.05) is 24.3 Å². The summed E-state index contributed by atoms with van der Waals surface area (Å²) in [5.74, 6) is 1.73. The second kappa shape index (κ2) is 9.28. The summed E-state index contributed by atoms with van der Waals surface area (Å²) in [5.41, 5.74) is 2.99. The molecule has 3 rings (SSSR count). The van der Waals surface area contributed by atoms with Crippen LogP contribution in [-0.4, -0.2) is 37.0 Å². The molecule has 0 amide bonds. The minimum Gasteiger partial charge on any atom is -0.467 e. The Morgan fingerprint density at radius 3 is 2.84 bits per heavy atom. The lowest BCUT2D eigenvalue weighted by Crippen LogP contribution is -2.39. The van der Waals surface area contributed by atoms with Gasteiger partial charge in [0.05, 0.1) is 6.26 Å². The van der Waals surface area contributed by atoms with Gasteiger partial charge >= 0.3 is 0 Å². The molecule has 2 heterocycles. The number of rotatable bonds is 7. The number of guanidine groups is 1. The summed E-state index contributed by atoms with van der Waals surface area (Å²) in [7, 11) is 0. The molecule has 25 heavy (non-hydrogen) atoms. The van der Waals surface area contributed by atoms with Gasteiger partial charge in [-0.2, -0.15) is 0 Å². The Morgan fingerprint density at radius 2 is 2.04 bits per heavy atom. The number of aliphatic imine (C=N–C) groups is 1. The molecule has 0 unspecified atom stereocenters. The van der Waals surface area contributed by atoms with Gasteiger partial charge in [0.2, 0.25) is 0 Å². The minimum atomic E-state index is 0.561. The van der Waals surface area contributed by atoms with Gasteiger partial charge in [-0.3, -0.25) is 4.90 Å². The molecule has 1 aliphatic heterocycles. The zero-order chi connectivity index (χ0) is 17.3. The van der Waals surface area contributed by atoms with E-state index in [0.29, 0.717) is 6.54 Å². The molecule has 0 fully saturated rings. The number of nitrogens with one attached hydrogen (secondary N) is 2. The monoisotopic (exact) mass is 340 g/mol. The van der Waals surface area contributed by atoms with Crippen molar-refractivity contribution in [2.75, 3.05) is 26.2 Å². The number of hydrogen-bond acceptors (Lipinski definition) is 3. The Hall–Kier alpha value is -2.27. The molecule has 0 saturated heterocycles. The number of benzene rings is 1. The molecular formula is C20H28N4O. The maximum absolute atomic E-state index is 5.33. The summed E-state index contributed by atoms with van der Waals surface area (Å²) in [4.78, 5) is 7.10. The number of nitrogens with zero attached hydrogens (tertiary/aromatic N) is 2. The first kappa shape index (κ1) is 17.5. The summed E-state index contributed by atoms with van der Waals surface area (Å²) < 4.78 is 5.33. The lowest BCUT2D eigenvalue weighted by atomic mass is 10.00. The van der Waals surface area contributed by atoms with E-state index in [1.165, 1.54) is 11.1 Å². The van der Waals surface area contributed by atoms with Crippen LogP contribution in [-0.2, 0) is 19.5 Å². The lowest BCUT2D eigenvalue weighted by molar-refractivity contribution is 0.251. The van der Waals surface area contributed by atoms with Crippen molar-refractivity contribution in [1.29, 1.82) is 0 Å². The third-order valence-electron chi connectivity index (χ3n) is 4.47. The predicted octanol–water partition coefficient (Wildman–Crippen LogP) is 2.78.